The van der Waals surface area contributed by atoms with Crippen molar-refractivity contribution in [2.45, 2.75) is 0 Å². The molecule has 0 aliphatic heterocycles. The van der Waals surface area contributed by atoms with Crippen LogP contribution in [0.25, 0.3) is 0 Å². The molecule has 2 rings (SSSR count). The zero-order valence-corrected chi connectivity index (χ0v) is 11.5. The van der Waals surface area contributed by atoms with Crippen molar-refractivity contribution < 1.29 is 13.6 Å². The number of amides is 1. The lowest BCUT2D eigenvalue weighted by Crippen LogP contribution is -2.15. The Bertz CT molecular complexity index is 710. The third-order valence-electron chi connectivity index (χ3n) is 2.55. The molecule has 0 fully saturated rings. The number of rotatable bonds is 4. The number of hydrogen-bond donors (Lipinski definition) is 3. The topological polar surface area (TPSA) is 92.9 Å². The first-order valence-corrected chi connectivity index (χ1v) is 6.06. The molecule has 0 spiro atoms. The van der Waals surface area contributed by atoms with E-state index in [4.69, 9.17) is 17.3 Å². The number of carbonyl (C=O) groups excluding carboxylic acids is 1. The highest BCUT2D eigenvalue weighted by Gasteiger charge is 2.16. The lowest BCUT2D eigenvalue weighted by Gasteiger charge is -2.12. The van der Waals surface area contributed by atoms with Gasteiger partial charge in [-0.25, -0.2) is 13.8 Å². The highest BCUT2D eigenvalue weighted by Crippen LogP contribution is 2.27. The monoisotopic (exact) mass is 313 g/mol. The van der Waals surface area contributed by atoms with Gasteiger partial charge in [0.1, 0.15) is 5.02 Å². The first-order valence-electron chi connectivity index (χ1n) is 5.68. The summed E-state index contributed by atoms with van der Waals surface area (Å²) in [5.41, 5.74) is 4.86. The Labute approximate surface area is 123 Å². The van der Waals surface area contributed by atoms with E-state index in [2.05, 4.69) is 20.6 Å². The summed E-state index contributed by atoms with van der Waals surface area (Å²) in [5.74, 6) is -2.87. The van der Waals surface area contributed by atoms with Crippen LogP contribution in [-0.4, -0.2) is 22.9 Å². The molecule has 1 aromatic heterocycles. The summed E-state index contributed by atoms with van der Waals surface area (Å²) in [6.07, 6.45) is 1.31. The van der Waals surface area contributed by atoms with Crippen molar-refractivity contribution in [3.63, 3.8) is 0 Å². The lowest BCUT2D eigenvalue weighted by molar-refractivity contribution is 0.100. The SMILES string of the molecule is CNc1ncc(Cl)c(Nc2cc(F)c(F)cc2C(N)=O)n1. The third kappa shape index (κ3) is 3.16. The molecule has 0 aliphatic carbocycles. The summed E-state index contributed by atoms with van der Waals surface area (Å²) in [7, 11) is 1.60. The van der Waals surface area contributed by atoms with E-state index >= 15 is 0 Å². The van der Waals surface area contributed by atoms with Crippen LogP contribution >= 0.6 is 11.6 Å². The zero-order valence-electron chi connectivity index (χ0n) is 10.7. The van der Waals surface area contributed by atoms with Crippen LogP contribution in [-0.2, 0) is 0 Å². The summed E-state index contributed by atoms with van der Waals surface area (Å²) in [6.45, 7) is 0. The van der Waals surface area contributed by atoms with Crippen LogP contribution in [0, 0.1) is 11.6 Å². The van der Waals surface area contributed by atoms with Gasteiger partial charge in [-0.15, -0.1) is 0 Å². The third-order valence-corrected chi connectivity index (χ3v) is 2.82. The number of nitrogens with zero attached hydrogens (tertiary/aromatic N) is 2. The molecule has 4 N–H and O–H groups in total. The summed E-state index contributed by atoms with van der Waals surface area (Å²) < 4.78 is 26.5. The van der Waals surface area contributed by atoms with Crippen LogP contribution in [0.4, 0.5) is 26.2 Å². The fourth-order valence-electron chi connectivity index (χ4n) is 1.56. The molecule has 1 amide bonds. The van der Waals surface area contributed by atoms with Gasteiger partial charge in [0.05, 0.1) is 17.4 Å². The maximum Gasteiger partial charge on any atom is 0.250 e. The van der Waals surface area contributed by atoms with Crippen molar-refractivity contribution in [1.29, 1.82) is 0 Å². The molecule has 1 aromatic carbocycles. The fraction of sp³-hybridized carbons (Fsp3) is 0.0833. The predicted molar refractivity (Wildman–Crippen MR) is 74.7 cm³/mol. The first-order chi connectivity index (χ1) is 9.92. The Kier molecular flexibility index (Phi) is 4.18. The van der Waals surface area contributed by atoms with Crippen LogP contribution in [0.1, 0.15) is 10.4 Å². The van der Waals surface area contributed by atoms with E-state index in [1.54, 1.807) is 7.05 Å². The first kappa shape index (κ1) is 14.9. The van der Waals surface area contributed by atoms with Gasteiger partial charge in [0.2, 0.25) is 5.95 Å². The minimum atomic E-state index is -1.18. The molecule has 9 heteroatoms. The van der Waals surface area contributed by atoms with E-state index in [-0.39, 0.29) is 28.0 Å². The molecule has 0 atom stereocenters. The number of anilines is 3. The number of hydrogen-bond acceptors (Lipinski definition) is 5. The van der Waals surface area contributed by atoms with Crippen molar-refractivity contribution in [1.82, 2.24) is 9.97 Å². The van der Waals surface area contributed by atoms with Crippen LogP contribution in [0.15, 0.2) is 18.3 Å². The average Bonchev–Trinajstić information content (AvgIpc) is 2.44. The quantitative estimate of drug-likeness (QED) is 0.805. The molecule has 0 aliphatic rings. The Balaban J connectivity index is 2.48. The van der Waals surface area contributed by atoms with E-state index in [9.17, 15) is 13.6 Å². The molecule has 110 valence electrons. The average molecular weight is 314 g/mol. The molecule has 0 saturated carbocycles. The zero-order chi connectivity index (χ0) is 15.6. The van der Waals surface area contributed by atoms with E-state index in [0.29, 0.717) is 6.07 Å². The van der Waals surface area contributed by atoms with Gasteiger partial charge in [-0.05, 0) is 6.07 Å². The van der Waals surface area contributed by atoms with Crippen LogP contribution in [0.2, 0.25) is 5.02 Å². The van der Waals surface area contributed by atoms with Gasteiger partial charge in [-0.3, -0.25) is 4.79 Å². The van der Waals surface area contributed by atoms with Crippen LogP contribution < -0.4 is 16.4 Å². The van der Waals surface area contributed by atoms with E-state index in [0.717, 1.165) is 6.07 Å². The van der Waals surface area contributed by atoms with Crippen molar-refractivity contribution in [3.05, 3.63) is 40.6 Å². The normalized spacial score (nSPS) is 10.3. The predicted octanol–water partition coefficient (Wildman–Crippen LogP) is 2.29. The molecule has 21 heavy (non-hydrogen) atoms. The number of halogens is 3. The maximum absolute atomic E-state index is 13.3. The van der Waals surface area contributed by atoms with Crippen LogP contribution in [0.3, 0.4) is 0 Å². The molecule has 1 heterocycles. The molecular formula is C12H10ClF2N5O. The molecule has 0 radical (unpaired) electrons. The largest absolute Gasteiger partial charge is 0.366 e. The van der Waals surface area contributed by atoms with E-state index in [1.807, 2.05) is 0 Å². The lowest BCUT2D eigenvalue weighted by atomic mass is 10.1. The molecule has 2 aromatic rings. The van der Waals surface area contributed by atoms with Crippen molar-refractivity contribution in [2.24, 2.45) is 5.73 Å². The van der Waals surface area contributed by atoms with Crippen LogP contribution in [0.5, 0.6) is 0 Å². The van der Waals surface area contributed by atoms with Crippen molar-refractivity contribution >= 4 is 35.0 Å². The maximum atomic E-state index is 13.3. The fourth-order valence-corrected chi connectivity index (χ4v) is 1.70. The number of nitrogens with one attached hydrogen (secondary N) is 2. The summed E-state index contributed by atoms with van der Waals surface area (Å²) in [5, 5.41) is 5.46. The van der Waals surface area contributed by atoms with Crippen molar-refractivity contribution in [3.8, 4) is 0 Å². The molecule has 0 bridgehead atoms. The molecule has 6 nitrogen and oxygen atoms in total. The van der Waals surface area contributed by atoms with Gasteiger partial charge in [-0.2, -0.15) is 4.98 Å². The van der Waals surface area contributed by atoms with Gasteiger partial charge >= 0.3 is 0 Å². The van der Waals surface area contributed by atoms with Gasteiger partial charge in [0, 0.05) is 13.1 Å². The second-order valence-corrected chi connectivity index (χ2v) is 4.35. The molecular weight excluding hydrogens is 304 g/mol. The summed E-state index contributed by atoms with van der Waals surface area (Å²) in [4.78, 5) is 19.2. The number of carbonyl (C=O) groups is 1. The van der Waals surface area contributed by atoms with Gasteiger partial charge < -0.3 is 16.4 Å². The highest BCUT2D eigenvalue weighted by molar-refractivity contribution is 6.33. The Morgan fingerprint density at radius 2 is 2.00 bits per heavy atom. The smallest absolute Gasteiger partial charge is 0.250 e. The van der Waals surface area contributed by atoms with E-state index in [1.165, 1.54) is 6.20 Å². The van der Waals surface area contributed by atoms with Gasteiger partial charge in [0.15, 0.2) is 17.5 Å². The minimum Gasteiger partial charge on any atom is -0.366 e. The second-order valence-electron chi connectivity index (χ2n) is 3.94. The summed E-state index contributed by atoms with van der Waals surface area (Å²) >= 11 is 5.91. The number of nitrogens with two attached hydrogens (primary N) is 1. The Hall–Kier alpha value is -2.48. The Morgan fingerprint density at radius 1 is 1.33 bits per heavy atom. The summed E-state index contributed by atoms with van der Waals surface area (Å²) in [6, 6.07) is 1.50. The Morgan fingerprint density at radius 3 is 2.62 bits per heavy atom. The van der Waals surface area contributed by atoms with Gasteiger partial charge in [-0.1, -0.05) is 11.6 Å². The van der Waals surface area contributed by atoms with Crippen molar-refractivity contribution in [2.75, 3.05) is 17.7 Å². The highest BCUT2D eigenvalue weighted by atomic mass is 35.5. The number of benzene rings is 1. The second kappa shape index (κ2) is 5.88. The minimum absolute atomic E-state index is 0.0518. The molecule has 0 unspecified atom stereocenters. The number of primary amides is 1. The molecule has 0 saturated heterocycles. The van der Waals surface area contributed by atoms with E-state index < -0.39 is 17.5 Å². The standard InChI is InChI=1S/C12H10ClF2N5O/c1-17-12-18-4-6(13)11(20-12)19-9-3-8(15)7(14)2-5(9)10(16)21/h2-4H,1H3,(H2,16,21)(H2,17,18,19,20). The van der Waals surface area contributed by atoms with Gasteiger partial charge in [0.25, 0.3) is 5.91 Å². The number of aromatic nitrogens is 2.